The fourth-order valence-corrected chi connectivity index (χ4v) is 2.23. The molecule has 4 nitrogen and oxygen atoms in total. The summed E-state index contributed by atoms with van der Waals surface area (Å²) >= 11 is 0. The largest absolute Gasteiger partial charge is 0.315 e. The van der Waals surface area contributed by atoms with Crippen molar-refractivity contribution in [3.8, 4) is 0 Å². The van der Waals surface area contributed by atoms with E-state index in [4.69, 9.17) is 0 Å². The smallest absolute Gasteiger partial charge is 0.0534 e. The molecule has 0 radical (unpaired) electrons. The van der Waals surface area contributed by atoms with Crippen molar-refractivity contribution < 1.29 is 0 Å². The third-order valence-corrected chi connectivity index (χ3v) is 3.19. The lowest BCUT2D eigenvalue weighted by Crippen LogP contribution is -2.25. The maximum Gasteiger partial charge on any atom is 0.0534 e. The van der Waals surface area contributed by atoms with Gasteiger partial charge in [0.2, 0.25) is 0 Å². The van der Waals surface area contributed by atoms with Crippen LogP contribution in [0.15, 0.2) is 12.4 Å². The molecule has 18 heavy (non-hydrogen) atoms. The molecule has 1 N–H and O–H groups in total. The first-order valence-corrected chi connectivity index (χ1v) is 7.01. The molecule has 0 fully saturated rings. The number of hydrogen-bond acceptors (Lipinski definition) is 3. The quantitative estimate of drug-likeness (QED) is 0.683. The number of aromatic nitrogens is 2. The van der Waals surface area contributed by atoms with Gasteiger partial charge < -0.3 is 10.2 Å². The third-order valence-electron chi connectivity index (χ3n) is 3.19. The molecule has 0 aliphatic rings. The van der Waals surface area contributed by atoms with Crippen molar-refractivity contribution in [2.24, 2.45) is 7.05 Å². The second-order valence-electron chi connectivity index (χ2n) is 5.21. The average Bonchev–Trinajstić information content (AvgIpc) is 2.70. The number of rotatable bonds is 9. The lowest BCUT2D eigenvalue weighted by molar-refractivity contribution is 0.314. The van der Waals surface area contributed by atoms with Gasteiger partial charge in [-0.05, 0) is 39.9 Å². The minimum absolute atomic E-state index is 0.652. The van der Waals surface area contributed by atoms with Gasteiger partial charge in [0.1, 0.15) is 0 Å². The molecule has 0 amide bonds. The van der Waals surface area contributed by atoms with Crippen LogP contribution >= 0.6 is 0 Å². The molecule has 1 atom stereocenters. The van der Waals surface area contributed by atoms with Gasteiger partial charge in [0.15, 0.2) is 0 Å². The fourth-order valence-electron chi connectivity index (χ4n) is 2.23. The van der Waals surface area contributed by atoms with Crippen LogP contribution in [-0.4, -0.2) is 40.9 Å². The van der Waals surface area contributed by atoms with E-state index in [0.717, 1.165) is 19.6 Å². The third kappa shape index (κ3) is 6.17. The van der Waals surface area contributed by atoms with Crippen molar-refractivity contribution in [3.63, 3.8) is 0 Å². The van der Waals surface area contributed by atoms with E-state index in [1.807, 2.05) is 17.9 Å². The molecule has 104 valence electrons. The van der Waals surface area contributed by atoms with Crippen LogP contribution < -0.4 is 5.32 Å². The van der Waals surface area contributed by atoms with Crippen LogP contribution in [0.25, 0.3) is 0 Å². The molecule has 1 unspecified atom stereocenters. The monoisotopic (exact) mass is 252 g/mol. The molecule has 0 spiro atoms. The van der Waals surface area contributed by atoms with Crippen LogP contribution in [0.1, 0.15) is 38.7 Å². The molecular formula is C14H28N4. The predicted octanol–water partition coefficient (Wildman–Crippen LogP) is 2.02. The summed E-state index contributed by atoms with van der Waals surface area (Å²) in [7, 11) is 4.15. The molecule has 1 aromatic rings. The Labute approximate surface area is 111 Å². The van der Waals surface area contributed by atoms with Gasteiger partial charge in [-0.3, -0.25) is 4.68 Å². The summed E-state index contributed by atoms with van der Waals surface area (Å²) in [6.45, 7) is 7.66. The first kappa shape index (κ1) is 15.2. The molecule has 1 heterocycles. The molecule has 0 aliphatic heterocycles. The van der Waals surface area contributed by atoms with E-state index < -0.39 is 0 Å². The van der Waals surface area contributed by atoms with E-state index >= 15 is 0 Å². The fraction of sp³-hybridized carbons (Fsp3) is 0.786. The zero-order valence-corrected chi connectivity index (χ0v) is 12.3. The van der Waals surface area contributed by atoms with E-state index in [0.29, 0.717) is 6.04 Å². The molecule has 0 saturated heterocycles. The molecule has 4 heteroatoms. The van der Waals surface area contributed by atoms with Crippen molar-refractivity contribution in [2.75, 3.05) is 20.1 Å². The molecular weight excluding hydrogens is 224 g/mol. The lowest BCUT2D eigenvalue weighted by Gasteiger charge is -2.16. The Hall–Kier alpha value is -0.870. The van der Waals surface area contributed by atoms with Crippen molar-refractivity contribution in [1.29, 1.82) is 0 Å². The van der Waals surface area contributed by atoms with E-state index in [1.54, 1.807) is 0 Å². The summed E-state index contributed by atoms with van der Waals surface area (Å²) in [4.78, 5) is 2.37. The second-order valence-corrected chi connectivity index (χ2v) is 5.21. The van der Waals surface area contributed by atoms with E-state index in [-0.39, 0.29) is 0 Å². The SMILES string of the molecule is CCNC(C)CCCCN(C)Cc1cnn(C)c1. The summed E-state index contributed by atoms with van der Waals surface area (Å²) in [5.74, 6) is 0. The van der Waals surface area contributed by atoms with Crippen LogP contribution in [0.3, 0.4) is 0 Å². The van der Waals surface area contributed by atoms with Crippen LogP contribution in [0.4, 0.5) is 0 Å². The molecule has 0 aliphatic carbocycles. The van der Waals surface area contributed by atoms with Crippen LogP contribution in [0, 0.1) is 0 Å². The normalized spacial score (nSPS) is 13.2. The van der Waals surface area contributed by atoms with Crippen molar-refractivity contribution >= 4 is 0 Å². The van der Waals surface area contributed by atoms with Gasteiger partial charge >= 0.3 is 0 Å². The number of aryl methyl sites for hydroxylation is 1. The first-order valence-electron chi connectivity index (χ1n) is 7.01. The lowest BCUT2D eigenvalue weighted by atomic mass is 10.1. The van der Waals surface area contributed by atoms with Crippen LogP contribution in [0.2, 0.25) is 0 Å². The Bertz CT molecular complexity index is 321. The molecule has 1 rings (SSSR count). The molecule has 0 aromatic carbocycles. The minimum Gasteiger partial charge on any atom is -0.315 e. The summed E-state index contributed by atoms with van der Waals surface area (Å²) in [6.07, 6.45) is 7.88. The van der Waals surface area contributed by atoms with Gasteiger partial charge in [-0.1, -0.05) is 13.3 Å². The minimum atomic E-state index is 0.652. The number of hydrogen-bond donors (Lipinski definition) is 1. The van der Waals surface area contributed by atoms with Crippen LogP contribution in [-0.2, 0) is 13.6 Å². The first-order chi connectivity index (χ1) is 8.61. The van der Waals surface area contributed by atoms with Crippen molar-refractivity contribution in [1.82, 2.24) is 20.0 Å². The van der Waals surface area contributed by atoms with Gasteiger partial charge in [-0.25, -0.2) is 0 Å². The van der Waals surface area contributed by atoms with Gasteiger partial charge in [0, 0.05) is 31.4 Å². The standard InChI is InChI=1S/C14H28N4/c1-5-15-13(2)8-6-7-9-17(3)11-14-10-16-18(4)12-14/h10,12-13,15H,5-9,11H2,1-4H3. The average molecular weight is 252 g/mol. The Balaban J connectivity index is 2.08. The van der Waals surface area contributed by atoms with Gasteiger partial charge in [0.25, 0.3) is 0 Å². The van der Waals surface area contributed by atoms with Crippen molar-refractivity contribution in [3.05, 3.63) is 18.0 Å². The summed E-state index contributed by atoms with van der Waals surface area (Å²) < 4.78 is 1.86. The maximum atomic E-state index is 4.19. The Morgan fingerprint density at radius 3 is 2.83 bits per heavy atom. The number of nitrogens with zero attached hydrogens (tertiary/aromatic N) is 3. The van der Waals surface area contributed by atoms with E-state index in [9.17, 15) is 0 Å². The van der Waals surface area contributed by atoms with E-state index in [2.05, 4.69) is 42.4 Å². The van der Waals surface area contributed by atoms with Crippen molar-refractivity contribution in [2.45, 2.75) is 45.7 Å². The number of nitrogens with one attached hydrogen (secondary N) is 1. The van der Waals surface area contributed by atoms with Gasteiger partial charge in [-0.15, -0.1) is 0 Å². The molecule has 0 bridgehead atoms. The zero-order valence-electron chi connectivity index (χ0n) is 12.3. The summed E-state index contributed by atoms with van der Waals surface area (Å²) in [5, 5.41) is 7.64. The Morgan fingerprint density at radius 1 is 1.44 bits per heavy atom. The number of unbranched alkanes of at least 4 members (excludes halogenated alkanes) is 1. The topological polar surface area (TPSA) is 33.1 Å². The highest BCUT2D eigenvalue weighted by Gasteiger charge is 2.03. The zero-order chi connectivity index (χ0) is 13.4. The highest BCUT2D eigenvalue weighted by molar-refractivity contribution is 5.02. The molecule has 1 aromatic heterocycles. The van der Waals surface area contributed by atoms with Gasteiger partial charge in [-0.2, -0.15) is 5.10 Å². The highest BCUT2D eigenvalue weighted by Crippen LogP contribution is 2.05. The molecule has 0 saturated carbocycles. The maximum absolute atomic E-state index is 4.19. The Kier molecular flexibility index (Phi) is 6.98. The summed E-state index contributed by atoms with van der Waals surface area (Å²) in [6, 6.07) is 0.652. The van der Waals surface area contributed by atoms with Gasteiger partial charge in [0.05, 0.1) is 6.20 Å². The van der Waals surface area contributed by atoms with Crippen LogP contribution in [0.5, 0.6) is 0 Å². The predicted molar refractivity (Wildman–Crippen MR) is 76.5 cm³/mol. The second kappa shape index (κ2) is 8.27. The van der Waals surface area contributed by atoms with E-state index in [1.165, 1.54) is 24.8 Å². The Morgan fingerprint density at radius 2 is 2.22 bits per heavy atom. The highest BCUT2D eigenvalue weighted by atomic mass is 15.2. The summed E-state index contributed by atoms with van der Waals surface area (Å²) in [5.41, 5.74) is 1.29.